The van der Waals surface area contributed by atoms with E-state index in [4.69, 9.17) is 0 Å². The summed E-state index contributed by atoms with van der Waals surface area (Å²) in [5.74, 6) is -0.384. The Kier molecular flexibility index (Phi) is 4.63. The normalized spacial score (nSPS) is 11.2. The van der Waals surface area contributed by atoms with Gasteiger partial charge in [-0.2, -0.15) is 0 Å². The lowest BCUT2D eigenvalue weighted by molar-refractivity contribution is 0.101. The molecule has 0 aliphatic heterocycles. The molecule has 0 atom stereocenters. The molecule has 0 radical (unpaired) electrons. The number of benzene rings is 4. The molecule has 4 aromatic carbocycles. The maximum absolute atomic E-state index is 12.8. The van der Waals surface area contributed by atoms with Crippen molar-refractivity contribution in [3.05, 3.63) is 109 Å². The zero-order valence-corrected chi connectivity index (χ0v) is 17.9. The summed E-state index contributed by atoms with van der Waals surface area (Å²) < 4.78 is 0. The van der Waals surface area contributed by atoms with Gasteiger partial charge < -0.3 is 10.6 Å². The van der Waals surface area contributed by atoms with Gasteiger partial charge in [-0.1, -0.05) is 36.4 Å². The fraction of sp³-hybridized carbons (Fsp3) is 0. The van der Waals surface area contributed by atoms with Gasteiger partial charge >= 0.3 is 0 Å². The average Bonchev–Trinajstić information content (AvgIpc) is 2.90. The van der Waals surface area contributed by atoms with Crippen molar-refractivity contribution in [3.8, 4) is 0 Å². The number of nitrogens with one attached hydrogen (secondary N) is 2. The first kappa shape index (κ1) is 19.8. The topological polar surface area (TPSA) is 84.0 Å². The number of aromatic nitrogens is 2. The summed E-state index contributed by atoms with van der Waals surface area (Å²) in [6.07, 6.45) is 6.39. The van der Waals surface area contributed by atoms with Crippen molar-refractivity contribution in [2.75, 3.05) is 10.6 Å². The van der Waals surface area contributed by atoms with E-state index in [1.807, 2.05) is 48.5 Å². The van der Waals surface area contributed by atoms with Gasteiger partial charge in [-0.25, -0.2) is 0 Å². The summed E-state index contributed by atoms with van der Waals surface area (Å²) in [4.78, 5) is 33.5. The summed E-state index contributed by atoms with van der Waals surface area (Å²) in [7, 11) is 0. The first-order valence-corrected chi connectivity index (χ1v) is 10.8. The Morgan fingerprint density at radius 3 is 1.29 bits per heavy atom. The Morgan fingerprint density at radius 1 is 0.500 bits per heavy atom. The van der Waals surface area contributed by atoms with Gasteiger partial charge in [0, 0.05) is 58.1 Å². The predicted molar refractivity (Wildman–Crippen MR) is 135 cm³/mol. The highest BCUT2D eigenvalue weighted by Crippen LogP contribution is 2.40. The average molecular weight is 442 g/mol. The monoisotopic (exact) mass is 442 g/mol. The molecule has 0 aliphatic rings. The van der Waals surface area contributed by atoms with Gasteiger partial charge in [0.15, 0.2) is 0 Å². The third kappa shape index (κ3) is 3.29. The van der Waals surface area contributed by atoms with Crippen molar-refractivity contribution < 1.29 is 9.59 Å². The molecule has 0 unspecified atom stereocenters. The molecule has 2 heterocycles. The molecule has 6 nitrogen and oxygen atoms in total. The summed E-state index contributed by atoms with van der Waals surface area (Å²) in [6, 6.07) is 22.7. The summed E-state index contributed by atoms with van der Waals surface area (Å²) in [5, 5.41) is 12.2. The van der Waals surface area contributed by atoms with Crippen LogP contribution in [0.1, 0.15) is 20.7 Å². The molecule has 162 valence electrons. The van der Waals surface area contributed by atoms with Gasteiger partial charge in [0.05, 0.1) is 0 Å². The van der Waals surface area contributed by atoms with Gasteiger partial charge in [0.1, 0.15) is 0 Å². The van der Waals surface area contributed by atoms with Crippen LogP contribution in [0, 0.1) is 0 Å². The Bertz CT molecular complexity index is 1550. The number of hydrogen-bond acceptors (Lipinski definition) is 4. The van der Waals surface area contributed by atoms with Crippen LogP contribution in [0.3, 0.4) is 0 Å². The van der Waals surface area contributed by atoms with E-state index in [0.29, 0.717) is 11.1 Å². The van der Waals surface area contributed by atoms with Crippen LogP contribution in [-0.2, 0) is 0 Å². The van der Waals surface area contributed by atoms with Crippen LogP contribution in [0.2, 0.25) is 0 Å². The van der Waals surface area contributed by atoms with E-state index < -0.39 is 0 Å². The molecule has 2 amide bonds. The number of nitrogens with zero attached hydrogens (tertiary/aromatic N) is 2. The summed E-state index contributed by atoms with van der Waals surface area (Å²) >= 11 is 0. The third-order valence-corrected chi connectivity index (χ3v) is 6.05. The van der Waals surface area contributed by atoms with Crippen LogP contribution in [0.15, 0.2) is 97.6 Å². The zero-order chi connectivity index (χ0) is 23.1. The number of pyridine rings is 2. The fourth-order valence-electron chi connectivity index (χ4n) is 4.41. The van der Waals surface area contributed by atoms with Crippen molar-refractivity contribution in [2.24, 2.45) is 0 Å². The van der Waals surface area contributed by atoms with E-state index >= 15 is 0 Å². The number of carbonyl (C=O) groups excluding carboxylic acids is 2. The molecule has 0 spiro atoms. The Hall–Kier alpha value is -4.84. The molecule has 6 aromatic rings. The number of carbonyl (C=O) groups is 2. The highest BCUT2D eigenvalue weighted by molar-refractivity contribution is 6.28. The molecule has 0 saturated heterocycles. The standard InChI is InChI=1S/C28H18N4O2/c33-27(19-9-13-29-14-10-19)31-23-8-4-18-2-6-22-24(32-28(34)20-11-15-30-16-12-20)7-3-17-1-5-21(23)26(18)25(17)22/h1-16H,(H,31,33)(H,32,34). The number of rotatable bonds is 4. The number of hydrogen-bond donors (Lipinski definition) is 2. The van der Waals surface area contributed by atoms with Crippen LogP contribution in [0.25, 0.3) is 32.3 Å². The van der Waals surface area contributed by atoms with Gasteiger partial charge in [0.2, 0.25) is 0 Å². The first-order chi connectivity index (χ1) is 16.7. The third-order valence-electron chi connectivity index (χ3n) is 6.05. The molecule has 6 rings (SSSR count). The highest BCUT2D eigenvalue weighted by Gasteiger charge is 2.16. The first-order valence-electron chi connectivity index (χ1n) is 10.8. The second kappa shape index (κ2) is 7.94. The lowest BCUT2D eigenvalue weighted by Crippen LogP contribution is -2.12. The van der Waals surface area contributed by atoms with E-state index in [1.54, 1.807) is 49.1 Å². The zero-order valence-electron chi connectivity index (χ0n) is 17.9. The van der Waals surface area contributed by atoms with Crippen LogP contribution >= 0.6 is 0 Å². The molecule has 34 heavy (non-hydrogen) atoms. The maximum Gasteiger partial charge on any atom is 0.255 e. The molecule has 0 bridgehead atoms. The highest BCUT2D eigenvalue weighted by atomic mass is 16.2. The second-order valence-electron chi connectivity index (χ2n) is 8.03. The fourth-order valence-corrected chi connectivity index (χ4v) is 4.41. The minimum Gasteiger partial charge on any atom is -0.321 e. The SMILES string of the molecule is O=C(Nc1ccc2ccc3c(NC(=O)c4ccncc4)ccc4ccc1c2c43)c1ccncc1. The minimum absolute atomic E-state index is 0.192. The number of anilines is 2. The molecular weight excluding hydrogens is 424 g/mol. The van der Waals surface area contributed by atoms with Gasteiger partial charge in [-0.05, 0) is 57.9 Å². The number of amides is 2. The van der Waals surface area contributed by atoms with Gasteiger partial charge in [-0.15, -0.1) is 0 Å². The second-order valence-corrected chi connectivity index (χ2v) is 8.03. The molecule has 0 aliphatic carbocycles. The summed E-state index contributed by atoms with van der Waals surface area (Å²) in [6.45, 7) is 0. The van der Waals surface area contributed by atoms with Crippen molar-refractivity contribution in [1.82, 2.24) is 9.97 Å². The molecule has 6 heteroatoms. The smallest absolute Gasteiger partial charge is 0.255 e. The van der Waals surface area contributed by atoms with Crippen molar-refractivity contribution in [2.45, 2.75) is 0 Å². The van der Waals surface area contributed by atoms with Crippen LogP contribution in [-0.4, -0.2) is 21.8 Å². The summed E-state index contributed by atoms with van der Waals surface area (Å²) in [5.41, 5.74) is 2.55. The lowest BCUT2D eigenvalue weighted by Gasteiger charge is -2.17. The van der Waals surface area contributed by atoms with E-state index in [9.17, 15) is 9.59 Å². The quantitative estimate of drug-likeness (QED) is 0.334. The van der Waals surface area contributed by atoms with Crippen LogP contribution in [0.4, 0.5) is 11.4 Å². The maximum atomic E-state index is 12.8. The van der Waals surface area contributed by atoms with Crippen LogP contribution < -0.4 is 10.6 Å². The Morgan fingerprint density at radius 2 is 0.882 bits per heavy atom. The molecule has 0 saturated carbocycles. The van der Waals surface area contributed by atoms with Crippen LogP contribution in [0.5, 0.6) is 0 Å². The van der Waals surface area contributed by atoms with Crippen molar-refractivity contribution in [3.63, 3.8) is 0 Å². The molecule has 2 aromatic heterocycles. The largest absolute Gasteiger partial charge is 0.321 e. The van der Waals surface area contributed by atoms with E-state index in [1.165, 1.54) is 0 Å². The van der Waals surface area contributed by atoms with Crippen molar-refractivity contribution in [1.29, 1.82) is 0 Å². The molecular formula is C28H18N4O2. The Labute approximate surface area is 194 Å². The Balaban J connectivity index is 1.47. The van der Waals surface area contributed by atoms with Gasteiger partial charge in [0.25, 0.3) is 11.8 Å². The lowest BCUT2D eigenvalue weighted by atomic mass is 9.92. The molecule has 2 N–H and O–H groups in total. The van der Waals surface area contributed by atoms with E-state index in [2.05, 4.69) is 20.6 Å². The van der Waals surface area contributed by atoms with E-state index in [-0.39, 0.29) is 11.8 Å². The van der Waals surface area contributed by atoms with Gasteiger partial charge in [-0.3, -0.25) is 19.6 Å². The molecule has 0 fully saturated rings. The van der Waals surface area contributed by atoms with Crippen molar-refractivity contribution >= 4 is 55.5 Å². The predicted octanol–water partition coefficient (Wildman–Crippen LogP) is 5.88. The minimum atomic E-state index is -0.192. The van der Waals surface area contributed by atoms with E-state index in [0.717, 1.165) is 43.7 Å².